The predicted molar refractivity (Wildman–Crippen MR) is 75.8 cm³/mol. The summed E-state index contributed by atoms with van der Waals surface area (Å²) in [7, 11) is 4.50. The quantitative estimate of drug-likeness (QED) is 0.602. The Morgan fingerprint density at radius 2 is 1.05 bits per heavy atom. The maximum Gasteiger partial charge on any atom is -1.00 e. The molecule has 0 amide bonds. The minimum absolute atomic E-state index is 0. The van der Waals surface area contributed by atoms with Crippen molar-refractivity contribution in [3.8, 4) is 0 Å². The molecule has 2 rings (SSSR count). The van der Waals surface area contributed by atoms with Crippen molar-refractivity contribution in [2.24, 2.45) is 0 Å². The Hall–Kier alpha value is 0.191. The van der Waals surface area contributed by atoms with Crippen LogP contribution < -0.4 is 17.0 Å². The number of benzene rings is 2. The molecule has 0 spiro atoms. The molecule has 0 heterocycles. The van der Waals surface area contributed by atoms with Crippen LogP contribution in [0.25, 0.3) is 0 Å². The Labute approximate surface area is 154 Å². The van der Waals surface area contributed by atoms with Crippen LogP contribution in [0.3, 0.4) is 0 Å². The van der Waals surface area contributed by atoms with Gasteiger partial charge < -0.3 is 17.0 Å². The van der Waals surface area contributed by atoms with Crippen LogP contribution in [0.15, 0.2) is 60.7 Å². The summed E-state index contributed by atoms with van der Waals surface area (Å²) in [5, 5.41) is 0. The first kappa shape index (κ1) is 18.2. The molecule has 2 aromatic carbocycles. The molecule has 0 saturated carbocycles. The van der Waals surface area contributed by atoms with E-state index in [0.29, 0.717) is 0 Å². The second-order valence-electron chi connectivity index (χ2n) is 4.78. The second kappa shape index (κ2) is 10.0. The van der Waals surface area contributed by atoms with Gasteiger partial charge in [0.25, 0.3) is 0 Å². The average Bonchev–Trinajstić information content (AvgIpc) is 2.40. The van der Waals surface area contributed by atoms with E-state index in [9.17, 15) is 0 Å². The van der Waals surface area contributed by atoms with Gasteiger partial charge in [0, 0.05) is 0 Å². The number of hydrogen-bond donors (Lipinski definition) is 0. The van der Waals surface area contributed by atoms with Crippen molar-refractivity contribution in [1.29, 1.82) is 0 Å². The molecule has 0 aliphatic heterocycles. The molecule has 2 aromatic rings. The molecule has 105 valence electrons. The van der Waals surface area contributed by atoms with Gasteiger partial charge in [-0.3, -0.25) is 0 Å². The number of hydrogen-bond acceptors (Lipinski definition) is 2. The smallest absolute Gasteiger partial charge is 1.00 e. The Bertz CT molecular complexity index is 433. The molecule has 0 saturated heterocycles. The van der Waals surface area contributed by atoms with E-state index in [-0.39, 0.29) is 17.0 Å². The van der Waals surface area contributed by atoms with Crippen LogP contribution in [0.2, 0.25) is 0 Å². The van der Waals surface area contributed by atoms with Crippen LogP contribution >= 0.6 is 0 Å². The molecular formula is C16H20BrN2Nd. The van der Waals surface area contributed by atoms with Crippen LogP contribution in [0.5, 0.6) is 0 Å². The topological polar surface area (TPSA) is 6.48 Å². The molecule has 4 heteroatoms. The van der Waals surface area contributed by atoms with Gasteiger partial charge in [0.2, 0.25) is 0 Å². The van der Waals surface area contributed by atoms with E-state index in [2.05, 4.69) is 76.7 Å². The van der Waals surface area contributed by atoms with E-state index in [4.69, 9.17) is 0 Å². The maximum absolute atomic E-state index is 2.53. The largest absolute Gasteiger partial charge is 1.00 e. The third kappa shape index (κ3) is 6.76. The average molecular weight is 464 g/mol. The molecule has 0 N–H and O–H groups in total. The number of nitrogens with zero attached hydrogens (tertiary/aromatic N) is 2. The fourth-order valence-electron chi connectivity index (χ4n) is 2.08. The zero-order valence-corrected chi connectivity index (χ0v) is 16.8. The van der Waals surface area contributed by atoms with Gasteiger partial charge in [0.05, 0.1) is 0 Å². The molecule has 0 fully saturated rings. The minimum atomic E-state index is -0.890. The summed E-state index contributed by atoms with van der Waals surface area (Å²) in [5.41, 5.74) is 2.82. The summed E-state index contributed by atoms with van der Waals surface area (Å²) in [6.45, 7) is 2.15. The molecule has 20 heavy (non-hydrogen) atoms. The van der Waals surface area contributed by atoms with Crippen molar-refractivity contribution >= 4 is 0 Å². The van der Waals surface area contributed by atoms with Crippen molar-refractivity contribution in [3.63, 3.8) is 0 Å². The summed E-state index contributed by atoms with van der Waals surface area (Å²) in [6.07, 6.45) is 0. The fraction of sp³-hybridized carbons (Fsp3) is 0.250. The number of halogens is 1. The van der Waals surface area contributed by atoms with Gasteiger partial charge in [-0.2, -0.15) is 0 Å². The van der Waals surface area contributed by atoms with Crippen molar-refractivity contribution in [2.75, 3.05) is 14.1 Å². The van der Waals surface area contributed by atoms with Crippen molar-refractivity contribution in [2.45, 2.75) is 13.1 Å². The van der Waals surface area contributed by atoms with Gasteiger partial charge in [-0.1, -0.05) is 0 Å². The summed E-state index contributed by atoms with van der Waals surface area (Å²) in [6, 6.07) is 21.4. The van der Waals surface area contributed by atoms with E-state index in [1.165, 1.54) is 11.1 Å². The van der Waals surface area contributed by atoms with Crippen LogP contribution in [0.4, 0.5) is 0 Å². The van der Waals surface area contributed by atoms with Crippen LogP contribution in [-0.4, -0.2) is 16.1 Å². The van der Waals surface area contributed by atoms with Gasteiger partial charge >= 0.3 is 138 Å². The van der Waals surface area contributed by atoms with Gasteiger partial charge in [0.15, 0.2) is 0 Å². The van der Waals surface area contributed by atoms with E-state index < -0.39 is 37.5 Å². The van der Waals surface area contributed by atoms with Gasteiger partial charge in [-0.05, 0) is 0 Å². The van der Waals surface area contributed by atoms with E-state index in [1.807, 2.05) is 0 Å². The van der Waals surface area contributed by atoms with E-state index in [1.54, 1.807) is 0 Å². The minimum Gasteiger partial charge on any atom is -1.00 e. The van der Waals surface area contributed by atoms with Crippen LogP contribution in [0.1, 0.15) is 11.1 Å². The summed E-state index contributed by atoms with van der Waals surface area (Å²) in [4.78, 5) is 0. The van der Waals surface area contributed by atoms with Gasteiger partial charge in [0.1, 0.15) is 0 Å². The molecule has 2 nitrogen and oxygen atoms in total. The first-order valence-corrected chi connectivity index (χ1v) is 9.37. The third-order valence-electron chi connectivity index (χ3n) is 2.87. The Morgan fingerprint density at radius 1 is 0.700 bits per heavy atom. The zero-order chi connectivity index (χ0) is 13.5. The molecule has 0 aliphatic rings. The molecule has 0 bridgehead atoms. The normalized spacial score (nSPS) is 10.2. The Kier molecular flexibility index (Phi) is 9.13. The fourth-order valence-corrected chi connectivity index (χ4v) is 5.57. The molecule has 0 aromatic heterocycles. The molecule has 0 unspecified atom stereocenters. The number of rotatable bonds is 6. The first-order valence-electron chi connectivity index (χ1n) is 6.50. The Morgan fingerprint density at radius 3 is 1.40 bits per heavy atom. The Balaban J connectivity index is 0.00000200. The van der Waals surface area contributed by atoms with Gasteiger partial charge in [-0.25, -0.2) is 0 Å². The molecule has 0 atom stereocenters. The van der Waals surface area contributed by atoms with Crippen molar-refractivity contribution in [3.05, 3.63) is 71.8 Å². The first-order chi connectivity index (χ1) is 9.24. The summed E-state index contributed by atoms with van der Waals surface area (Å²) >= 11 is -0.890. The predicted octanol–water partition coefficient (Wildman–Crippen LogP) is 0.169. The van der Waals surface area contributed by atoms with Crippen molar-refractivity contribution in [1.82, 2.24) is 1.97 Å². The SMILES string of the molecule is C[N](Cc1ccccc1)[Nd+][N](C)Cc1ccccc1.[Br-]. The summed E-state index contributed by atoms with van der Waals surface area (Å²) in [5.74, 6) is 0. The standard InChI is InChI=1S/2C8H10N.BrH.Nd/c2*1-9-7-8-5-3-2-4-6-8;;/h2*2-6H,7H2,1H3;1H;/q2*-1;;+3/p-1. The van der Waals surface area contributed by atoms with Crippen LogP contribution in [0, 0.1) is 37.5 Å². The van der Waals surface area contributed by atoms with Crippen LogP contribution in [-0.2, 0) is 13.1 Å². The molecular weight excluding hydrogens is 444 g/mol. The molecule has 0 aliphatic carbocycles. The van der Waals surface area contributed by atoms with Gasteiger partial charge in [-0.15, -0.1) is 0 Å². The second-order valence-corrected chi connectivity index (χ2v) is 10.3. The molecule has 0 radical (unpaired) electrons. The maximum atomic E-state index is 2.53. The summed E-state index contributed by atoms with van der Waals surface area (Å²) < 4.78 is 5.05. The third-order valence-corrected chi connectivity index (χ3v) is 6.07. The van der Waals surface area contributed by atoms with E-state index in [0.717, 1.165) is 13.1 Å². The monoisotopic (exact) mass is 461 g/mol. The van der Waals surface area contributed by atoms with E-state index >= 15 is 0 Å². The zero-order valence-electron chi connectivity index (χ0n) is 12.0. The van der Waals surface area contributed by atoms with Crippen molar-refractivity contribution < 1.29 is 54.5 Å².